The highest BCUT2D eigenvalue weighted by Crippen LogP contribution is 2.46. The van der Waals surface area contributed by atoms with Crippen LogP contribution in [-0.4, -0.2) is 47.3 Å². The van der Waals surface area contributed by atoms with Gasteiger partial charge in [0.15, 0.2) is 5.54 Å². The average Bonchev–Trinajstić information content (AvgIpc) is 3.09. The van der Waals surface area contributed by atoms with Crippen LogP contribution >= 0.6 is 0 Å². The van der Waals surface area contributed by atoms with Gasteiger partial charge in [-0.05, 0) is 55.7 Å². The van der Waals surface area contributed by atoms with Crippen LogP contribution in [0.1, 0.15) is 56.7 Å². The molecule has 8 heteroatoms. The standard InChI is InChI=1S/C40H41N3O5/c1-5-36(45)42(32-24-16-9-17-25-32)27-35(44)41-40(31-22-14-8-15-23-31)33(29-18-10-6-11-19-29)26-34(30-20-12-7-13-21-30)43(38(40)47)28-37(46)48-39(2,3)4/h6-26,33H,5,27-28H2,1-4H3,(H,41,44)/t33-,40+/m0/s1. The zero-order valence-electron chi connectivity index (χ0n) is 27.8. The van der Waals surface area contributed by atoms with Crippen LogP contribution < -0.4 is 10.2 Å². The number of nitrogens with zero attached hydrogens (tertiary/aromatic N) is 2. The number of amides is 3. The van der Waals surface area contributed by atoms with Crippen molar-refractivity contribution >= 4 is 35.1 Å². The lowest BCUT2D eigenvalue weighted by Crippen LogP contribution is -2.63. The summed E-state index contributed by atoms with van der Waals surface area (Å²) in [5.74, 6) is -2.57. The predicted molar refractivity (Wildman–Crippen MR) is 187 cm³/mol. The summed E-state index contributed by atoms with van der Waals surface area (Å²) in [6, 6.07) is 36.9. The summed E-state index contributed by atoms with van der Waals surface area (Å²) in [6.07, 6.45) is 2.13. The number of benzene rings is 4. The molecule has 0 fully saturated rings. The van der Waals surface area contributed by atoms with E-state index in [2.05, 4.69) is 5.32 Å². The molecule has 1 heterocycles. The number of esters is 1. The largest absolute Gasteiger partial charge is 0.459 e. The number of nitrogens with one attached hydrogen (secondary N) is 1. The molecule has 0 aliphatic carbocycles. The van der Waals surface area contributed by atoms with Crippen LogP contribution in [-0.2, 0) is 29.5 Å². The van der Waals surface area contributed by atoms with E-state index < -0.39 is 34.8 Å². The number of carbonyl (C=O) groups excluding carboxylic acids is 4. The third kappa shape index (κ3) is 7.39. The van der Waals surface area contributed by atoms with E-state index in [1.807, 2.05) is 91.0 Å². The van der Waals surface area contributed by atoms with E-state index in [9.17, 15) is 14.4 Å². The molecule has 1 N–H and O–H groups in total. The van der Waals surface area contributed by atoms with Gasteiger partial charge in [-0.2, -0.15) is 0 Å². The maximum atomic E-state index is 15.4. The van der Waals surface area contributed by atoms with Crippen LogP contribution in [0.3, 0.4) is 0 Å². The predicted octanol–water partition coefficient (Wildman–Crippen LogP) is 6.45. The maximum Gasteiger partial charge on any atom is 0.326 e. The molecular weight excluding hydrogens is 602 g/mol. The third-order valence-electron chi connectivity index (χ3n) is 8.14. The van der Waals surface area contributed by atoms with E-state index in [1.54, 1.807) is 64.1 Å². The minimum Gasteiger partial charge on any atom is -0.459 e. The zero-order valence-corrected chi connectivity index (χ0v) is 27.8. The molecule has 1 aliphatic heterocycles. The van der Waals surface area contributed by atoms with Crippen molar-refractivity contribution in [3.63, 3.8) is 0 Å². The van der Waals surface area contributed by atoms with Gasteiger partial charge in [0.05, 0.1) is 0 Å². The highest BCUT2D eigenvalue weighted by atomic mass is 16.6. The number of hydrogen-bond donors (Lipinski definition) is 1. The Bertz CT molecular complexity index is 1770. The van der Waals surface area contributed by atoms with E-state index >= 15 is 4.79 Å². The van der Waals surface area contributed by atoms with Gasteiger partial charge in [-0.3, -0.25) is 24.1 Å². The molecule has 246 valence electrons. The van der Waals surface area contributed by atoms with Gasteiger partial charge in [-0.25, -0.2) is 0 Å². The second-order valence-electron chi connectivity index (χ2n) is 12.7. The molecule has 0 saturated heterocycles. The molecule has 0 spiro atoms. The van der Waals surface area contributed by atoms with Crippen molar-refractivity contribution in [3.05, 3.63) is 144 Å². The first-order chi connectivity index (χ1) is 23.0. The first-order valence-corrected chi connectivity index (χ1v) is 16.1. The molecular formula is C40H41N3O5. The zero-order chi connectivity index (χ0) is 34.3. The summed E-state index contributed by atoms with van der Waals surface area (Å²) in [4.78, 5) is 59.0. The molecule has 0 aromatic heterocycles. The first-order valence-electron chi connectivity index (χ1n) is 16.1. The first kappa shape index (κ1) is 33.9. The molecule has 0 saturated carbocycles. The smallest absolute Gasteiger partial charge is 0.326 e. The fraction of sp³-hybridized carbons (Fsp3) is 0.250. The van der Waals surface area contributed by atoms with Gasteiger partial charge in [-0.15, -0.1) is 0 Å². The molecule has 1 aliphatic rings. The Kier molecular flexibility index (Phi) is 10.2. The van der Waals surface area contributed by atoms with E-state index in [0.29, 0.717) is 16.9 Å². The SMILES string of the molecule is CCC(=O)N(CC(=O)N[C@@]1(c2ccccc2)C(=O)N(CC(=O)OC(C)(C)C)C(c2ccccc2)=C[C@H]1c1ccccc1)c1ccccc1. The summed E-state index contributed by atoms with van der Waals surface area (Å²) in [5, 5.41) is 3.13. The Labute approximate surface area is 282 Å². The van der Waals surface area contributed by atoms with E-state index in [1.165, 1.54) is 9.80 Å². The highest BCUT2D eigenvalue weighted by molar-refractivity contribution is 6.04. The Morgan fingerprint density at radius 2 is 1.35 bits per heavy atom. The number of anilines is 1. The minimum atomic E-state index is -1.70. The molecule has 8 nitrogen and oxygen atoms in total. The lowest BCUT2D eigenvalue weighted by atomic mass is 9.70. The summed E-state index contributed by atoms with van der Waals surface area (Å²) in [7, 11) is 0. The van der Waals surface area contributed by atoms with Crippen LogP contribution in [0.5, 0.6) is 0 Å². The Morgan fingerprint density at radius 3 is 1.92 bits per heavy atom. The van der Waals surface area contributed by atoms with Crippen molar-refractivity contribution in [2.24, 2.45) is 0 Å². The lowest BCUT2D eigenvalue weighted by molar-refractivity contribution is -0.159. The van der Waals surface area contributed by atoms with Crippen molar-refractivity contribution in [2.75, 3.05) is 18.0 Å². The molecule has 0 radical (unpaired) electrons. The molecule has 4 aromatic carbocycles. The molecule has 4 aromatic rings. The molecule has 5 rings (SSSR count). The highest BCUT2D eigenvalue weighted by Gasteiger charge is 2.54. The van der Waals surface area contributed by atoms with Gasteiger partial charge >= 0.3 is 5.97 Å². The third-order valence-corrected chi connectivity index (χ3v) is 8.14. The number of para-hydroxylation sites is 1. The normalized spacial score (nSPS) is 17.7. The number of carbonyl (C=O) groups is 4. The average molecular weight is 644 g/mol. The summed E-state index contributed by atoms with van der Waals surface area (Å²) >= 11 is 0. The number of ether oxygens (including phenoxy) is 1. The molecule has 2 atom stereocenters. The van der Waals surface area contributed by atoms with E-state index in [0.717, 1.165) is 11.1 Å². The van der Waals surface area contributed by atoms with E-state index in [-0.39, 0.29) is 25.4 Å². The monoisotopic (exact) mass is 643 g/mol. The molecule has 0 unspecified atom stereocenters. The molecule has 3 amide bonds. The van der Waals surface area contributed by atoms with Crippen molar-refractivity contribution < 1.29 is 23.9 Å². The van der Waals surface area contributed by atoms with E-state index in [4.69, 9.17) is 4.74 Å². The summed E-state index contributed by atoms with van der Waals surface area (Å²) in [5.41, 5.74) is 0.655. The van der Waals surface area contributed by atoms with Crippen molar-refractivity contribution in [1.29, 1.82) is 0 Å². The van der Waals surface area contributed by atoms with Crippen LogP contribution in [0.2, 0.25) is 0 Å². The maximum absolute atomic E-state index is 15.4. The minimum absolute atomic E-state index is 0.185. The fourth-order valence-corrected chi connectivity index (χ4v) is 6.09. The Balaban J connectivity index is 1.70. The van der Waals surface area contributed by atoms with Crippen molar-refractivity contribution in [3.8, 4) is 0 Å². The van der Waals surface area contributed by atoms with Crippen LogP contribution in [0.15, 0.2) is 127 Å². The Morgan fingerprint density at radius 1 is 0.812 bits per heavy atom. The lowest BCUT2D eigenvalue weighted by Gasteiger charge is -2.47. The van der Waals surface area contributed by atoms with Gasteiger partial charge in [0, 0.05) is 23.7 Å². The second-order valence-corrected chi connectivity index (χ2v) is 12.7. The molecule has 48 heavy (non-hydrogen) atoms. The van der Waals surface area contributed by atoms with Crippen molar-refractivity contribution in [2.45, 2.75) is 51.2 Å². The summed E-state index contributed by atoms with van der Waals surface area (Å²) < 4.78 is 5.69. The van der Waals surface area contributed by atoms with Crippen molar-refractivity contribution in [1.82, 2.24) is 10.2 Å². The quantitative estimate of drug-likeness (QED) is 0.201. The number of hydrogen-bond acceptors (Lipinski definition) is 5. The van der Waals surface area contributed by atoms with Crippen LogP contribution in [0, 0.1) is 0 Å². The van der Waals surface area contributed by atoms with Gasteiger partial charge in [0.2, 0.25) is 11.8 Å². The number of rotatable bonds is 10. The van der Waals surface area contributed by atoms with Crippen LogP contribution in [0.4, 0.5) is 5.69 Å². The molecule has 0 bridgehead atoms. The van der Waals surface area contributed by atoms with Gasteiger partial charge in [-0.1, -0.05) is 116 Å². The van der Waals surface area contributed by atoms with Gasteiger partial charge in [0.1, 0.15) is 18.7 Å². The summed E-state index contributed by atoms with van der Waals surface area (Å²) in [6.45, 7) is 6.35. The topological polar surface area (TPSA) is 96.0 Å². The second kappa shape index (κ2) is 14.5. The van der Waals surface area contributed by atoms with Gasteiger partial charge < -0.3 is 15.0 Å². The Hall–Kier alpha value is -5.50. The van der Waals surface area contributed by atoms with Gasteiger partial charge in [0.25, 0.3) is 5.91 Å². The fourth-order valence-electron chi connectivity index (χ4n) is 6.09. The van der Waals surface area contributed by atoms with Crippen LogP contribution in [0.25, 0.3) is 5.70 Å².